The summed E-state index contributed by atoms with van der Waals surface area (Å²) in [6.45, 7) is 4.42. The van der Waals surface area contributed by atoms with Gasteiger partial charge < -0.3 is 5.32 Å². The zero-order chi connectivity index (χ0) is 13.8. The van der Waals surface area contributed by atoms with Gasteiger partial charge in [-0.25, -0.2) is 8.78 Å². The molecule has 1 N–H and O–H groups in total. The number of hydrogen-bond donors (Lipinski definition) is 1. The van der Waals surface area contributed by atoms with Crippen LogP contribution < -0.4 is 5.32 Å². The normalized spacial score (nSPS) is 12.4. The van der Waals surface area contributed by atoms with Crippen molar-refractivity contribution in [2.45, 2.75) is 19.9 Å². The Morgan fingerprint density at radius 3 is 2.58 bits per heavy atom. The fourth-order valence-corrected chi connectivity index (χ4v) is 2.05. The van der Waals surface area contributed by atoms with Gasteiger partial charge in [0.05, 0.1) is 11.7 Å². The van der Waals surface area contributed by atoms with Gasteiger partial charge in [-0.15, -0.1) is 0 Å². The van der Waals surface area contributed by atoms with Gasteiger partial charge in [0.15, 0.2) is 11.6 Å². The molecule has 1 aromatic carbocycles. The molecule has 1 unspecified atom stereocenters. The molecule has 4 heteroatoms. The van der Waals surface area contributed by atoms with Crippen LogP contribution in [0.4, 0.5) is 8.78 Å². The standard InChI is InChI=1S/C15H16F2N2/c1-3-18-15(13-9-4-6-10(2)19-13)11-7-5-8-12(16)14(11)17/h4-9,15,18H,3H2,1-2H3. The van der Waals surface area contributed by atoms with E-state index in [4.69, 9.17) is 0 Å². The molecule has 0 fully saturated rings. The van der Waals surface area contributed by atoms with Crippen molar-refractivity contribution in [3.8, 4) is 0 Å². The summed E-state index contributed by atoms with van der Waals surface area (Å²) < 4.78 is 27.3. The molecule has 0 aliphatic rings. The molecule has 1 aromatic heterocycles. The maximum Gasteiger partial charge on any atom is 0.163 e. The van der Waals surface area contributed by atoms with E-state index >= 15 is 0 Å². The lowest BCUT2D eigenvalue weighted by Gasteiger charge is -2.19. The highest BCUT2D eigenvalue weighted by Gasteiger charge is 2.20. The lowest BCUT2D eigenvalue weighted by molar-refractivity contribution is 0.481. The van der Waals surface area contributed by atoms with Gasteiger partial charge in [0.2, 0.25) is 0 Å². The second-order valence-electron chi connectivity index (χ2n) is 4.34. The number of pyridine rings is 1. The Bertz CT molecular complexity index is 570. The summed E-state index contributed by atoms with van der Waals surface area (Å²) in [4.78, 5) is 4.39. The van der Waals surface area contributed by atoms with Crippen LogP contribution in [-0.4, -0.2) is 11.5 Å². The predicted molar refractivity (Wildman–Crippen MR) is 70.9 cm³/mol. The van der Waals surface area contributed by atoms with E-state index < -0.39 is 17.7 Å². The molecule has 0 amide bonds. The average Bonchev–Trinajstić information content (AvgIpc) is 2.40. The molecular weight excluding hydrogens is 246 g/mol. The van der Waals surface area contributed by atoms with Gasteiger partial charge in [0, 0.05) is 11.3 Å². The molecule has 100 valence electrons. The third-order valence-electron chi connectivity index (χ3n) is 2.91. The van der Waals surface area contributed by atoms with Crippen molar-refractivity contribution in [2.24, 2.45) is 0 Å². The molecule has 0 radical (unpaired) electrons. The van der Waals surface area contributed by atoms with Crippen molar-refractivity contribution in [1.29, 1.82) is 0 Å². The van der Waals surface area contributed by atoms with Gasteiger partial charge in [-0.3, -0.25) is 4.98 Å². The van der Waals surface area contributed by atoms with Crippen LogP contribution in [0.15, 0.2) is 36.4 Å². The first-order valence-corrected chi connectivity index (χ1v) is 6.24. The van der Waals surface area contributed by atoms with Gasteiger partial charge >= 0.3 is 0 Å². The lowest BCUT2D eigenvalue weighted by atomic mass is 10.0. The number of rotatable bonds is 4. The summed E-state index contributed by atoms with van der Waals surface area (Å²) in [7, 11) is 0. The largest absolute Gasteiger partial charge is 0.305 e. The smallest absolute Gasteiger partial charge is 0.163 e. The Labute approximate surface area is 111 Å². The molecule has 0 spiro atoms. The maximum absolute atomic E-state index is 13.9. The Morgan fingerprint density at radius 2 is 1.89 bits per heavy atom. The minimum atomic E-state index is -0.840. The van der Waals surface area contributed by atoms with E-state index in [2.05, 4.69) is 10.3 Å². The number of nitrogens with one attached hydrogen (secondary N) is 1. The molecule has 0 aliphatic carbocycles. The van der Waals surface area contributed by atoms with E-state index in [-0.39, 0.29) is 5.56 Å². The van der Waals surface area contributed by atoms with E-state index in [9.17, 15) is 8.78 Å². The van der Waals surface area contributed by atoms with Crippen LogP contribution in [0.3, 0.4) is 0 Å². The van der Waals surface area contributed by atoms with E-state index in [1.807, 2.05) is 32.0 Å². The van der Waals surface area contributed by atoms with Gasteiger partial charge in [-0.05, 0) is 31.7 Å². The minimum absolute atomic E-state index is 0.278. The van der Waals surface area contributed by atoms with Crippen LogP contribution in [-0.2, 0) is 0 Å². The fraction of sp³-hybridized carbons (Fsp3) is 0.267. The molecule has 1 heterocycles. The Kier molecular flexibility index (Phi) is 4.22. The van der Waals surface area contributed by atoms with Crippen molar-refractivity contribution in [3.63, 3.8) is 0 Å². The Balaban J connectivity index is 2.48. The minimum Gasteiger partial charge on any atom is -0.305 e. The molecule has 0 aliphatic heterocycles. The van der Waals surface area contributed by atoms with Crippen LogP contribution in [0.1, 0.15) is 29.9 Å². The number of halogens is 2. The van der Waals surface area contributed by atoms with Crippen molar-refractivity contribution >= 4 is 0 Å². The first kappa shape index (κ1) is 13.6. The highest BCUT2D eigenvalue weighted by Crippen LogP contribution is 2.24. The summed E-state index contributed by atoms with van der Waals surface area (Å²) in [5.74, 6) is -1.66. The van der Waals surface area contributed by atoms with Crippen LogP contribution in [0.2, 0.25) is 0 Å². The Hall–Kier alpha value is -1.81. The summed E-state index contributed by atoms with van der Waals surface area (Å²) >= 11 is 0. The molecular formula is C15H16F2N2. The van der Waals surface area contributed by atoms with Gasteiger partial charge in [0.25, 0.3) is 0 Å². The van der Waals surface area contributed by atoms with E-state index in [0.29, 0.717) is 12.2 Å². The van der Waals surface area contributed by atoms with Crippen molar-refractivity contribution < 1.29 is 8.78 Å². The number of aryl methyl sites for hydroxylation is 1. The average molecular weight is 262 g/mol. The molecule has 2 rings (SSSR count). The summed E-state index contributed by atoms with van der Waals surface area (Å²) in [6, 6.07) is 9.30. The number of benzene rings is 1. The second-order valence-corrected chi connectivity index (χ2v) is 4.34. The highest BCUT2D eigenvalue weighted by molar-refractivity contribution is 5.30. The van der Waals surface area contributed by atoms with Crippen molar-refractivity contribution in [1.82, 2.24) is 10.3 Å². The highest BCUT2D eigenvalue weighted by atomic mass is 19.2. The first-order chi connectivity index (χ1) is 9.13. The molecule has 0 saturated carbocycles. The van der Waals surface area contributed by atoms with E-state index in [1.54, 1.807) is 6.07 Å². The number of hydrogen-bond acceptors (Lipinski definition) is 2. The van der Waals surface area contributed by atoms with Crippen molar-refractivity contribution in [3.05, 3.63) is 65.0 Å². The zero-order valence-corrected chi connectivity index (χ0v) is 11.0. The molecule has 19 heavy (non-hydrogen) atoms. The first-order valence-electron chi connectivity index (χ1n) is 6.24. The summed E-state index contributed by atoms with van der Waals surface area (Å²) in [5, 5.41) is 3.14. The van der Waals surface area contributed by atoms with Crippen LogP contribution in [0.25, 0.3) is 0 Å². The summed E-state index contributed by atoms with van der Waals surface area (Å²) in [6.07, 6.45) is 0. The second kappa shape index (κ2) is 5.89. The molecule has 1 atom stereocenters. The predicted octanol–water partition coefficient (Wildman–Crippen LogP) is 3.37. The molecule has 0 saturated heterocycles. The fourth-order valence-electron chi connectivity index (χ4n) is 2.05. The topological polar surface area (TPSA) is 24.9 Å². The van der Waals surface area contributed by atoms with Gasteiger partial charge in [-0.1, -0.05) is 25.1 Å². The zero-order valence-electron chi connectivity index (χ0n) is 11.0. The third-order valence-corrected chi connectivity index (χ3v) is 2.91. The Morgan fingerprint density at radius 1 is 1.16 bits per heavy atom. The van der Waals surface area contributed by atoms with Crippen LogP contribution >= 0.6 is 0 Å². The molecule has 0 bridgehead atoms. The molecule has 2 nitrogen and oxygen atoms in total. The SMILES string of the molecule is CCNC(c1cccc(C)n1)c1cccc(F)c1F. The maximum atomic E-state index is 13.9. The number of nitrogens with zero attached hydrogens (tertiary/aromatic N) is 1. The summed E-state index contributed by atoms with van der Waals surface area (Å²) in [5.41, 5.74) is 1.81. The number of aromatic nitrogens is 1. The van der Waals surface area contributed by atoms with Gasteiger partial charge in [0.1, 0.15) is 0 Å². The quantitative estimate of drug-likeness (QED) is 0.913. The van der Waals surface area contributed by atoms with Gasteiger partial charge in [-0.2, -0.15) is 0 Å². The van der Waals surface area contributed by atoms with Crippen LogP contribution in [0, 0.1) is 18.6 Å². The van der Waals surface area contributed by atoms with E-state index in [1.165, 1.54) is 6.07 Å². The molecule has 2 aromatic rings. The lowest BCUT2D eigenvalue weighted by Crippen LogP contribution is -2.24. The third kappa shape index (κ3) is 2.96. The monoisotopic (exact) mass is 262 g/mol. The van der Waals surface area contributed by atoms with Crippen molar-refractivity contribution in [2.75, 3.05) is 6.54 Å². The van der Waals surface area contributed by atoms with E-state index in [0.717, 1.165) is 11.8 Å². The van der Waals surface area contributed by atoms with Crippen LogP contribution in [0.5, 0.6) is 0 Å².